The highest BCUT2D eigenvalue weighted by Crippen LogP contribution is 2.53. The van der Waals surface area contributed by atoms with Gasteiger partial charge in [0.1, 0.15) is 36.3 Å². The van der Waals surface area contributed by atoms with Crippen molar-refractivity contribution in [2.75, 3.05) is 0 Å². The molecule has 0 bridgehead atoms. The van der Waals surface area contributed by atoms with Gasteiger partial charge in [-0.2, -0.15) is 0 Å². The highest BCUT2D eigenvalue weighted by molar-refractivity contribution is 8.01. The summed E-state index contributed by atoms with van der Waals surface area (Å²) in [7, 11) is 3.52. The molecule has 0 aromatic heterocycles. The van der Waals surface area contributed by atoms with Crippen molar-refractivity contribution in [1.29, 1.82) is 0 Å². The van der Waals surface area contributed by atoms with Gasteiger partial charge in [-0.1, -0.05) is 108 Å². The maximum Gasteiger partial charge on any atom is 0.144 e. The van der Waals surface area contributed by atoms with E-state index in [4.69, 9.17) is 7.85 Å². The summed E-state index contributed by atoms with van der Waals surface area (Å²) in [5, 5.41) is 5.55. The second-order valence-corrected chi connectivity index (χ2v) is 11.3. The van der Waals surface area contributed by atoms with Crippen molar-refractivity contribution in [3.63, 3.8) is 0 Å². The Bertz CT molecular complexity index is 1050. The van der Waals surface area contributed by atoms with E-state index in [1.807, 2.05) is 31.2 Å². The first kappa shape index (κ1) is 22.8. The largest absolute Gasteiger partial charge is 0.144 e. The Hall–Kier alpha value is -3.41. The standard InChI is InChI=1S/C24H20P.C7H7B/c1-5-13-21(14-6-1)25(22-15-7-2-8-16-22,23-17-9-3-10-18-23)24-19-11-4-12-20-24;1-6-2-4-7(8)5-3-6/h1-20H;2-5H,1H3/q+1;. The van der Waals surface area contributed by atoms with Crippen LogP contribution in [0.4, 0.5) is 0 Å². The minimum atomic E-state index is -1.91. The van der Waals surface area contributed by atoms with E-state index in [0.717, 1.165) is 5.46 Å². The lowest BCUT2D eigenvalue weighted by Gasteiger charge is -2.27. The summed E-state index contributed by atoms with van der Waals surface area (Å²) in [6, 6.07) is 51.6. The quantitative estimate of drug-likeness (QED) is 0.269. The fourth-order valence-electron chi connectivity index (χ4n) is 4.07. The molecule has 0 aliphatic carbocycles. The summed E-state index contributed by atoms with van der Waals surface area (Å²) in [5.74, 6) is 0. The minimum Gasteiger partial charge on any atom is -0.0967 e. The van der Waals surface area contributed by atoms with E-state index in [0.29, 0.717) is 0 Å². The van der Waals surface area contributed by atoms with Crippen LogP contribution in [0, 0.1) is 6.92 Å². The third kappa shape index (κ3) is 5.16. The van der Waals surface area contributed by atoms with Crippen molar-refractivity contribution in [3.05, 3.63) is 151 Å². The monoisotopic (exact) mass is 441 g/mol. The molecule has 0 N–H and O–H groups in total. The third-order valence-electron chi connectivity index (χ3n) is 5.65. The average molecular weight is 441 g/mol. The van der Waals surface area contributed by atoms with Gasteiger partial charge in [0.05, 0.1) is 0 Å². The van der Waals surface area contributed by atoms with Crippen molar-refractivity contribution < 1.29 is 0 Å². The predicted molar refractivity (Wildman–Crippen MR) is 148 cm³/mol. The van der Waals surface area contributed by atoms with Crippen LogP contribution in [0.5, 0.6) is 0 Å². The van der Waals surface area contributed by atoms with Crippen LogP contribution >= 0.6 is 7.26 Å². The molecule has 0 aliphatic rings. The number of rotatable bonds is 4. The van der Waals surface area contributed by atoms with E-state index in [2.05, 4.69) is 121 Å². The summed E-state index contributed by atoms with van der Waals surface area (Å²) >= 11 is 0. The van der Waals surface area contributed by atoms with E-state index < -0.39 is 7.26 Å². The minimum absolute atomic E-state index is 0.829. The molecule has 0 fully saturated rings. The van der Waals surface area contributed by atoms with Crippen molar-refractivity contribution >= 4 is 41.8 Å². The second kappa shape index (κ2) is 10.9. The molecule has 2 radical (unpaired) electrons. The van der Waals surface area contributed by atoms with Gasteiger partial charge in [-0.05, 0) is 55.5 Å². The topological polar surface area (TPSA) is 0 Å². The molecule has 0 nitrogen and oxygen atoms in total. The Balaban J connectivity index is 0.000000275. The first-order valence-electron chi connectivity index (χ1n) is 11.1. The van der Waals surface area contributed by atoms with E-state index in [1.165, 1.54) is 26.8 Å². The summed E-state index contributed by atoms with van der Waals surface area (Å²) in [5.41, 5.74) is 2.08. The molecule has 33 heavy (non-hydrogen) atoms. The van der Waals surface area contributed by atoms with Crippen molar-refractivity contribution in [3.8, 4) is 0 Å². The summed E-state index contributed by atoms with van der Waals surface area (Å²) in [4.78, 5) is 0. The van der Waals surface area contributed by atoms with Gasteiger partial charge in [0.25, 0.3) is 0 Å². The molecule has 158 valence electrons. The van der Waals surface area contributed by atoms with Crippen LogP contribution in [0.25, 0.3) is 0 Å². The molecule has 5 aromatic carbocycles. The van der Waals surface area contributed by atoms with Crippen LogP contribution in [-0.2, 0) is 0 Å². The molecule has 0 aliphatic heterocycles. The van der Waals surface area contributed by atoms with Crippen LogP contribution in [0.2, 0.25) is 0 Å². The number of aryl methyl sites for hydroxylation is 1. The van der Waals surface area contributed by atoms with Crippen LogP contribution < -0.4 is 26.7 Å². The average Bonchev–Trinajstić information content (AvgIpc) is 2.89. The second-order valence-electron chi connectivity index (χ2n) is 7.92. The van der Waals surface area contributed by atoms with E-state index >= 15 is 0 Å². The lowest BCUT2D eigenvalue weighted by Crippen LogP contribution is -2.38. The molecule has 0 atom stereocenters. The van der Waals surface area contributed by atoms with Crippen molar-refractivity contribution in [2.45, 2.75) is 6.92 Å². The fraction of sp³-hybridized carbons (Fsp3) is 0.0323. The number of hydrogen-bond donors (Lipinski definition) is 0. The van der Waals surface area contributed by atoms with E-state index in [1.54, 1.807) is 0 Å². The molecule has 0 saturated heterocycles. The van der Waals surface area contributed by atoms with E-state index in [9.17, 15) is 0 Å². The lowest BCUT2D eigenvalue weighted by atomic mass is 9.96. The summed E-state index contributed by atoms with van der Waals surface area (Å²) in [6.45, 7) is 2.04. The van der Waals surface area contributed by atoms with Gasteiger partial charge < -0.3 is 0 Å². The normalized spacial score (nSPS) is 10.7. The summed E-state index contributed by atoms with van der Waals surface area (Å²) < 4.78 is 0. The van der Waals surface area contributed by atoms with Gasteiger partial charge in [-0.3, -0.25) is 0 Å². The van der Waals surface area contributed by atoms with Crippen molar-refractivity contribution in [1.82, 2.24) is 0 Å². The van der Waals surface area contributed by atoms with E-state index in [-0.39, 0.29) is 0 Å². The Morgan fingerprint density at radius 3 is 0.909 bits per heavy atom. The molecule has 5 rings (SSSR count). The van der Waals surface area contributed by atoms with Crippen LogP contribution in [-0.4, -0.2) is 7.85 Å². The zero-order valence-electron chi connectivity index (χ0n) is 18.9. The van der Waals surface area contributed by atoms with Crippen LogP contribution in [0.1, 0.15) is 5.56 Å². The number of hydrogen-bond acceptors (Lipinski definition) is 0. The Kier molecular flexibility index (Phi) is 7.56. The van der Waals surface area contributed by atoms with Crippen LogP contribution in [0.3, 0.4) is 0 Å². The molecule has 5 aromatic rings. The molecule has 0 spiro atoms. The zero-order chi connectivity index (χ0) is 22.9. The van der Waals surface area contributed by atoms with Gasteiger partial charge in [-0.15, -0.1) is 0 Å². The third-order valence-corrected chi connectivity index (χ3v) is 9.94. The van der Waals surface area contributed by atoms with Crippen molar-refractivity contribution in [2.24, 2.45) is 0 Å². The lowest BCUT2D eigenvalue weighted by molar-refractivity contribution is 1.49. The first-order chi connectivity index (χ1) is 16.2. The number of benzene rings is 5. The van der Waals surface area contributed by atoms with Gasteiger partial charge in [0.15, 0.2) is 0 Å². The first-order valence-corrected chi connectivity index (χ1v) is 12.9. The SMILES string of the molecule is [B]c1ccc(C)cc1.c1ccc([P+](c2ccccc2)(c2ccccc2)c2ccccc2)cc1. The maximum atomic E-state index is 5.43. The fourth-order valence-corrected chi connectivity index (χ4v) is 8.33. The zero-order valence-corrected chi connectivity index (χ0v) is 19.8. The van der Waals surface area contributed by atoms with Gasteiger partial charge in [0.2, 0.25) is 0 Å². The molecule has 0 saturated carbocycles. The summed E-state index contributed by atoms with van der Waals surface area (Å²) in [6.07, 6.45) is 0. The molecular weight excluding hydrogens is 414 g/mol. The maximum absolute atomic E-state index is 5.43. The van der Waals surface area contributed by atoms with Gasteiger partial charge >= 0.3 is 0 Å². The van der Waals surface area contributed by atoms with Gasteiger partial charge in [-0.25, -0.2) is 0 Å². The molecular formula is C31H27BP+. The molecule has 2 heteroatoms. The highest BCUT2D eigenvalue weighted by Gasteiger charge is 2.47. The molecule has 0 heterocycles. The Labute approximate surface area is 199 Å². The highest BCUT2D eigenvalue weighted by atomic mass is 31.2. The smallest absolute Gasteiger partial charge is 0.0967 e. The predicted octanol–water partition coefficient (Wildman–Crippen LogP) is 5.09. The molecule has 0 unspecified atom stereocenters. The molecule has 0 amide bonds. The Morgan fingerprint density at radius 2 is 0.667 bits per heavy atom. The Morgan fingerprint density at radius 1 is 0.394 bits per heavy atom. The van der Waals surface area contributed by atoms with Crippen LogP contribution in [0.15, 0.2) is 146 Å². The van der Waals surface area contributed by atoms with Gasteiger partial charge in [0, 0.05) is 0 Å².